The average molecular weight is 285 g/mol. The van der Waals surface area contributed by atoms with Crippen LogP contribution in [0.25, 0.3) is 6.08 Å². The normalized spacial score (nSPS) is 16.6. The predicted octanol–water partition coefficient (Wildman–Crippen LogP) is 4.61. The molecular weight excluding hydrogens is 258 g/mol. The summed E-state index contributed by atoms with van der Waals surface area (Å²) in [6.45, 7) is 4.38. The van der Waals surface area contributed by atoms with Gasteiger partial charge in [0, 0.05) is 19.2 Å². The molecule has 0 N–H and O–H groups in total. The number of amides is 1. The monoisotopic (exact) mass is 285 g/mol. The minimum absolute atomic E-state index is 0.120. The molecule has 2 heteroatoms. The Bertz CT molecular complexity index is 481. The van der Waals surface area contributed by atoms with Crippen LogP contribution >= 0.6 is 0 Å². The zero-order chi connectivity index (χ0) is 15.2. The van der Waals surface area contributed by atoms with Crippen molar-refractivity contribution in [3.63, 3.8) is 0 Å². The number of likely N-dealkylation sites (N-methyl/N-ethyl adjacent to an activating group) is 1. The quantitative estimate of drug-likeness (QED) is 0.739. The lowest BCUT2D eigenvalue weighted by atomic mass is 9.94. The molecule has 1 aliphatic carbocycles. The van der Waals surface area contributed by atoms with Crippen molar-refractivity contribution in [3.8, 4) is 0 Å². The highest BCUT2D eigenvalue weighted by Crippen LogP contribution is 2.22. The van der Waals surface area contributed by atoms with E-state index in [0.717, 1.165) is 18.4 Å². The van der Waals surface area contributed by atoms with Crippen LogP contribution in [0.5, 0.6) is 0 Å². The highest BCUT2D eigenvalue weighted by molar-refractivity contribution is 5.91. The van der Waals surface area contributed by atoms with Crippen molar-refractivity contribution in [2.45, 2.75) is 57.9 Å². The first kappa shape index (κ1) is 15.8. The topological polar surface area (TPSA) is 20.3 Å². The zero-order valence-corrected chi connectivity index (χ0v) is 13.5. The number of nitrogens with zero attached hydrogens (tertiary/aromatic N) is 1. The molecule has 0 radical (unpaired) electrons. The summed E-state index contributed by atoms with van der Waals surface area (Å²) in [6, 6.07) is 8.87. The summed E-state index contributed by atoms with van der Waals surface area (Å²) >= 11 is 0. The van der Waals surface area contributed by atoms with Crippen molar-refractivity contribution in [2.75, 3.05) is 7.05 Å². The second-order valence-corrected chi connectivity index (χ2v) is 6.40. The number of hydrogen-bond donors (Lipinski definition) is 0. The average Bonchev–Trinajstić information content (AvgIpc) is 2.53. The molecule has 1 fully saturated rings. The Hall–Kier alpha value is -1.57. The van der Waals surface area contributed by atoms with Crippen LogP contribution in [0.1, 0.15) is 63.0 Å². The van der Waals surface area contributed by atoms with Gasteiger partial charge >= 0.3 is 0 Å². The van der Waals surface area contributed by atoms with Crippen LogP contribution in [0.4, 0.5) is 0 Å². The van der Waals surface area contributed by atoms with Gasteiger partial charge in [0.15, 0.2) is 0 Å². The SMILES string of the molecule is CC(C)c1ccc(/C=C/C(=O)N(C)C2CCCCC2)cc1. The molecule has 1 aromatic rings. The van der Waals surface area contributed by atoms with Crippen LogP contribution in [-0.4, -0.2) is 23.9 Å². The molecule has 2 rings (SSSR count). The van der Waals surface area contributed by atoms with Gasteiger partial charge < -0.3 is 4.90 Å². The molecule has 21 heavy (non-hydrogen) atoms. The molecule has 1 saturated carbocycles. The van der Waals surface area contributed by atoms with Crippen LogP contribution < -0.4 is 0 Å². The second-order valence-electron chi connectivity index (χ2n) is 6.40. The van der Waals surface area contributed by atoms with Gasteiger partial charge in [0.2, 0.25) is 5.91 Å². The zero-order valence-electron chi connectivity index (χ0n) is 13.5. The van der Waals surface area contributed by atoms with Crippen molar-refractivity contribution < 1.29 is 4.79 Å². The molecule has 2 nitrogen and oxygen atoms in total. The third kappa shape index (κ3) is 4.45. The number of rotatable bonds is 4. The van der Waals surface area contributed by atoms with Gasteiger partial charge in [-0.1, -0.05) is 57.4 Å². The number of carbonyl (C=O) groups is 1. The van der Waals surface area contributed by atoms with E-state index in [9.17, 15) is 4.79 Å². The first-order valence-corrected chi connectivity index (χ1v) is 8.13. The summed E-state index contributed by atoms with van der Waals surface area (Å²) in [6.07, 6.45) is 9.75. The highest BCUT2D eigenvalue weighted by Gasteiger charge is 2.20. The third-order valence-corrected chi connectivity index (χ3v) is 4.49. The summed E-state index contributed by atoms with van der Waals surface area (Å²) in [4.78, 5) is 14.1. The lowest BCUT2D eigenvalue weighted by molar-refractivity contribution is -0.127. The molecule has 1 amide bonds. The van der Waals surface area contributed by atoms with Crippen LogP contribution in [0, 0.1) is 0 Å². The van der Waals surface area contributed by atoms with E-state index in [1.807, 2.05) is 18.0 Å². The van der Waals surface area contributed by atoms with Gasteiger partial charge in [0.25, 0.3) is 0 Å². The Morgan fingerprint density at radius 1 is 1.14 bits per heavy atom. The van der Waals surface area contributed by atoms with E-state index in [1.165, 1.54) is 24.8 Å². The molecule has 0 aromatic heterocycles. The first-order chi connectivity index (χ1) is 10.1. The standard InChI is InChI=1S/C19H27NO/c1-15(2)17-12-9-16(10-13-17)11-14-19(21)20(3)18-7-5-4-6-8-18/h9-15,18H,4-8H2,1-3H3/b14-11+. The smallest absolute Gasteiger partial charge is 0.246 e. The van der Waals surface area contributed by atoms with Gasteiger partial charge in [-0.3, -0.25) is 4.79 Å². The van der Waals surface area contributed by atoms with Gasteiger partial charge in [0.1, 0.15) is 0 Å². The van der Waals surface area contributed by atoms with E-state index in [-0.39, 0.29) is 5.91 Å². The maximum absolute atomic E-state index is 12.2. The van der Waals surface area contributed by atoms with Gasteiger partial charge in [-0.15, -0.1) is 0 Å². The maximum Gasteiger partial charge on any atom is 0.246 e. The lowest BCUT2D eigenvalue weighted by Gasteiger charge is -2.30. The summed E-state index contributed by atoms with van der Waals surface area (Å²) in [5.41, 5.74) is 2.42. The van der Waals surface area contributed by atoms with Crippen LogP contribution in [-0.2, 0) is 4.79 Å². The molecule has 0 bridgehead atoms. The Morgan fingerprint density at radius 2 is 1.76 bits per heavy atom. The molecule has 114 valence electrons. The molecule has 1 aromatic carbocycles. The van der Waals surface area contributed by atoms with E-state index in [1.54, 1.807) is 6.08 Å². The largest absolute Gasteiger partial charge is 0.339 e. The van der Waals surface area contributed by atoms with Crippen molar-refractivity contribution in [1.82, 2.24) is 4.90 Å². The van der Waals surface area contributed by atoms with Crippen LogP contribution in [0.15, 0.2) is 30.3 Å². The van der Waals surface area contributed by atoms with E-state index >= 15 is 0 Å². The molecule has 0 saturated heterocycles. The van der Waals surface area contributed by atoms with Crippen LogP contribution in [0.3, 0.4) is 0 Å². The van der Waals surface area contributed by atoms with Crippen molar-refractivity contribution in [1.29, 1.82) is 0 Å². The Kier molecular flexibility index (Phi) is 5.60. The Morgan fingerprint density at radius 3 is 2.33 bits per heavy atom. The van der Waals surface area contributed by atoms with Crippen molar-refractivity contribution in [2.24, 2.45) is 0 Å². The minimum atomic E-state index is 0.120. The molecular formula is C19H27NO. The van der Waals surface area contributed by atoms with Gasteiger partial charge in [-0.2, -0.15) is 0 Å². The maximum atomic E-state index is 12.2. The molecule has 0 atom stereocenters. The molecule has 1 aliphatic rings. The van der Waals surface area contributed by atoms with E-state index < -0.39 is 0 Å². The Labute approximate surface area is 128 Å². The lowest BCUT2D eigenvalue weighted by Crippen LogP contribution is -2.37. The van der Waals surface area contributed by atoms with Gasteiger partial charge in [0.05, 0.1) is 0 Å². The second kappa shape index (κ2) is 7.44. The third-order valence-electron chi connectivity index (χ3n) is 4.49. The first-order valence-electron chi connectivity index (χ1n) is 8.13. The summed E-state index contributed by atoms with van der Waals surface area (Å²) in [5, 5.41) is 0. The minimum Gasteiger partial charge on any atom is -0.339 e. The van der Waals surface area contributed by atoms with Crippen LogP contribution in [0.2, 0.25) is 0 Å². The summed E-state index contributed by atoms with van der Waals surface area (Å²) in [5.74, 6) is 0.664. The van der Waals surface area contributed by atoms with Gasteiger partial charge in [-0.05, 0) is 36.0 Å². The summed E-state index contributed by atoms with van der Waals surface area (Å²) in [7, 11) is 1.94. The number of hydrogen-bond acceptors (Lipinski definition) is 1. The molecule has 0 spiro atoms. The Balaban J connectivity index is 1.94. The van der Waals surface area contributed by atoms with E-state index in [2.05, 4.69) is 38.1 Å². The van der Waals surface area contributed by atoms with E-state index in [0.29, 0.717) is 12.0 Å². The number of benzene rings is 1. The van der Waals surface area contributed by atoms with Gasteiger partial charge in [-0.25, -0.2) is 0 Å². The highest BCUT2D eigenvalue weighted by atomic mass is 16.2. The van der Waals surface area contributed by atoms with Crippen molar-refractivity contribution in [3.05, 3.63) is 41.5 Å². The molecule has 0 unspecified atom stereocenters. The predicted molar refractivity (Wildman–Crippen MR) is 89.2 cm³/mol. The number of carbonyl (C=O) groups excluding carboxylic acids is 1. The fraction of sp³-hybridized carbons (Fsp3) is 0.526. The fourth-order valence-electron chi connectivity index (χ4n) is 2.93. The molecule has 0 aliphatic heterocycles. The van der Waals surface area contributed by atoms with Crippen molar-refractivity contribution >= 4 is 12.0 Å². The fourth-order valence-corrected chi connectivity index (χ4v) is 2.93. The summed E-state index contributed by atoms with van der Waals surface area (Å²) < 4.78 is 0. The van der Waals surface area contributed by atoms with E-state index in [4.69, 9.17) is 0 Å². The molecule has 0 heterocycles.